The van der Waals surface area contributed by atoms with Crippen LogP contribution in [-0.2, 0) is 21.0 Å². The fourth-order valence-electron chi connectivity index (χ4n) is 3.53. The van der Waals surface area contributed by atoms with Crippen LogP contribution in [0.3, 0.4) is 0 Å². The van der Waals surface area contributed by atoms with Crippen molar-refractivity contribution in [3.05, 3.63) is 82.4 Å². The van der Waals surface area contributed by atoms with Crippen LogP contribution in [0.4, 0.5) is 18.9 Å². The maximum absolute atomic E-state index is 13.5. The normalized spacial score (nSPS) is 11.9. The molecular formula is C27H27ClF3N3O5S. The fourth-order valence-corrected chi connectivity index (χ4v) is 5.17. The molecule has 0 saturated carbocycles. The Hall–Kier alpha value is -3.77. The highest BCUT2D eigenvalue weighted by Gasteiger charge is 2.35. The van der Waals surface area contributed by atoms with Gasteiger partial charge < -0.3 is 9.47 Å². The smallest absolute Gasteiger partial charge is 0.417 e. The Balaban J connectivity index is 1.90. The molecule has 0 fully saturated rings. The topological polar surface area (TPSA) is 97.3 Å². The highest BCUT2D eigenvalue weighted by Crippen LogP contribution is 2.38. The van der Waals surface area contributed by atoms with Crippen LogP contribution >= 0.6 is 11.6 Å². The van der Waals surface area contributed by atoms with Gasteiger partial charge in [0.15, 0.2) is 11.5 Å². The number of sulfonamides is 1. The van der Waals surface area contributed by atoms with Crippen LogP contribution in [-0.4, -0.2) is 40.3 Å². The number of carbonyl (C=O) groups is 1. The monoisotopic (exact) mass is 597 g/mol. The molecule has 3 aromatic rings. The minimum atomic E-state index is -4.85. The molecule has 0 aliphatic carbocycles. The van der Waals surface area contributed by atoms with Crippen molar-refractivity contribution in [1.82, 2.24) is 5.43 Å². The van der Waals surface area contributed by atoms with Gasteiger partial charge in [0.25, 0.3) is 15.9 Å². The lowest BCUT2D eigenvalue weighted by molar-refractivity contribution is -0.137. The molecule has 1 amide bonds. The van der Waals surface area contributed by atoms with Gasteiger partial charge in [0, 0.05) is 0 Å². The summed E-state index contributed by atoms with van der Waals surface area (Å²) in [5, 5.41) is 3.25. The van der Waals surface area contributed by atoms with Crippen LogP contribution in [0.1, 0.15) is 30.5 Å². The second-order valence-corrected chi connectivity index (χ2v) is 10.6. The molecule has 0 aliphatic heterocycles. The van der Waals surface area contributed by atoms with Crippen molar-refractivity contribution >= 4 is 39.4 Å². The Bertz CT molecular complexity index is 1480. The van der Waals surface area contributed by atoms with E-state index in [9.17, 15) is 26.4 Å². The molecule has 3 aromatic carbocycles. The number of alkyl halides is 3. The number of aryl methyl sites for hydroxylation is 1. The van der Waals surface area contributed by atoms with Crippen molar-refractivity contribution in [3.8, 4) is 11.5 Å². The minimum Gasteiger partial charge on any atom is -0.490 e. The number of hydrazone groups is 1. The fraction of sp³-hybridized carbons (Fsp3) is 0.259. The van der Waals surface area contributed by atoms with Gasteiger partial charge >= 0.3 is 6.18 Å². The summed E-state index contributed by atoms with van der Waals surface area (Å²) in [5.41, 5.74) is 1.89. The molecule has 0 unspecified atom stereocenters. The second kappa shape index (κ2) is 13.1. The number of nitrogens with zero attached hydrogens (tertiary/aromatic N) is 2. The first kappa shape index (κ1) is 30.8. The van der Waals surface area contributed by atoms with E-state index in [4.69, 9.17) is 21.1 Å². The third-order valence-electron chi connectivity index (χ3n) is 5.41. The Morgan fingerprint density at radius 1 is 1.00 bits per heavy atom. The average Bonchev–Trinajstić information content (AvgIpc) is 2.89. The van der Waals surface area contributed by atoms with Gasteiger partial charge in [0.1, 0.15) is 6.54 Å². The van der Waals surface area contributed by atoms with Crippen LogP contribution in [0.25, 0.3) is 0 Å². The molecule has 0 bridgehead atoms. The van der Waals surface area contributed by atoms with Crippen molar-refractivity contribution in [3.63, 3.8) is 0 Å². The zero-order valence-corrected chi connectivity index (χ0v) is 23.4. The Morgan fingerprint density at radius 2 is 1.65 bits per heavy atom. The largest absolute Gasteiger partial charge is 0.490 e. The molecule has 40 heavy (non-hydrogen) atoms. The number of anilines is 1. The lowest BCUT2D eigenvalue weighted by Gasteiger charge is -2.25. The third kappa shape index (κ3) is 7.66. The summed E-state index contributed by atoms with van der Waals surface area (Å²) in [5.74, 6) is 0.105. The van der Waals surface area contributed by atoms with Crippen LogP contribution < -0.4 is 19.2 Å². The number of ether oxygens (including phenoxy) is 2. The van der Waals surface area contributed by atoms with E-state index in [2.05, 4.69) is 10.5 Å². The zero-order valence-electron chi connectivity index (χ0n) is 21.8. The molecule has 0 heterocycles. The van der Waals surface area contributed by atoms with Gasteiger partial charge in [-0.3, -0.25) is 9.10 Å². The molecule has 8 nitrogen and oxygen atoms in total. The summed E-state index contributed by atoms with van der Waals surface area (Å²) in [6.07, 6.45) is -3.55. The van der Waals surface area contributed by atoms with Gasteiger partial charge in [-0.1, -0.05) is 29.3 Å². The van der Waals surface area contributed by atoms with Crippen molar-refractivity contribution in [1.29, 1.82) is 0 Å². The van der Waals surface area contributed by atoms with E-state index in [1.54, 1.807) is 25.1 Å². The van der Waals surface area contributed by atoms with Gasteiger partial charge in [-0.25, -0.2) is 13.8 Å². The maximum atomic E-state index is 13.5. The van der Waals surface area contributed by atoms with Gasteiger partial charge in [-0.05, 0) is 74.9 Å². The number of amides is 1. The molecule has 0 atom stereocenters. The van der Waals surface area contributed by atoms with Crippen LogP contribution in [0.2, 0.25) is 5.02 Å². The van der Waals surface area contributed by atoms with Crippen molar-refractivity contribution < 1.29 is 35.9 Å². The highest BCUT2D eigenvalue weighted by atomic mass is 35.5. The summed E-state index contributed by atoms with van der Waals surface area (Å²) in [6.45, 7) is 5.35. The van der Waals surface area contributed by atoms with Gasteiger partial charge in [0.2, 0.25) is 0 Å². The number of halogens is 4. The van der Waals surface area contributed by atoms with Crippen molar-refractivity contribution in [2.75, 3.05) is 24.1 Å². The van der Waals surface area contributed by atoms with E-state index in [0.29, 0.717) is 40.6 Å². The number of benzene rings is 3. The predicted octanol–water partition coefficient (Wildman–Crippen LogP) is 5.81. The number of nitrogens with one attached hydrogen (secondary N) is 1. The maximum Gasteiger partial charge on any atom is 0.417 e. The Morgan fingerprint density at radius 3 is 2.27 bits per heavy atom. The molecule has 0 spiro atoms. The summed E-state index contributed by atoms with van der Waals surface area (Å²) < 4.78 is 79.1. The molecule has 1 N–H and O–H groups in total. The first-order valence-corrected chi connectivity index (χ1v) is 13.9. The van der Waals surface area contributed by atoms with Gasteiger partial charge in [0.05, 0.1) is 40.6 Å². The quantitative estimate of drug-likeness (QED) is 0.222. The number of carbonyl (C=O) groups excluding carboxylic acids is 1. The first-order chi connectivity index (χ1) is 18.9. The van der Waals surface area contributed by atoms with E-state index in [1.807, 2.05) is 13.8 Å². The van der Waals surface area contributed by atoms with E-state index < -0.39 is 44.9 Å². The molecule has 0 aromatic heterocycles. The van der Waals surface area contributed by atoms with Crippen LogP contribution in [0.5, 0.6) is 11.5 Å². The van der Waals surface area contributed by atoms with E-state index in [-0.39, 0.29) is 4.90 Å². The Kier molecular flexibility index (Phi) is 10.0. The molecule has 3 rings (SSSR count). The Labute approximate surface area is 235 Å². The molecule has 214 valence electrons. The molecule has 0 saturated heterocycles. The summed E-state index contributed by atoms with van der Waals surface area (Å²) >= 11 is 5.72. The van der Waals surface area contributed by atoms with Crippen molar-refractivity contribution in [2.45, 2.75) is 31.8 Å². The number of hydrogen-bond acceptors (Lipinski definition) is 6. The molecule has 0 aliphatic rings. The van der Waals surface area contributed by atoms with E-state index in [0.717, 1.165) is 17.7 Å². The SMILES string of the molecule is CCOc1ccc(/C=N\NC(=O)CN(c2ccc(Cl)c(C(F)(F)F)c2)S(=O)(=O)c2ccc(C)cc2)cc1OCC. The van der Waals surface area contributed by atoms with Gasteiger partial charge in [-0.2, -0.15) is 18.3 Å². The van der Waals surface area contributed by atoms with Crippen LogP contribution in [0.15, 0.2) is 70.7 Å². The molecular weight excluding hydrogens is 571 g/mol. The average molecular weight is 598 g/mol. The number of rotatable bonds is 11. The minimum absolute atomic E-state index is 0.212. The third-order valence-corrected chi connectivity index (χ3v) is 7.53. The molecule has 13 heteroatoms. The van der Waals surface area contributed by atoms with Gasteiger partial charge in [-0.15, -0.1) is 0 Å². The zero-order chi connectivity index (χ0) is 29.5. The van der Waals surface area contributed by atoms with E-state index >= 15 is 0 Å². The predicted molar refractivity (Wildman–Crippen MR) is 147 cm³/mol. The lowest BCUT2D eigenvalue weighted by atomic mass is 10.2. The standard InChI is InChI=1S/C27H27ClF3N3O5S/c1-4-38-24-13-8-19(14-25(24)39-5-2)16-32-33-26(35)17-34(40(36,37)21-10-6-18(3)7-11-21)20-9-12-23(28)22(15-20)27(29,30)31/h6-16H,4-5,17H2,1-3H3,(H,33,35)/b32-16-. The summed E-state index contributed by atoms with van der Waals surface area (Å²) in [6, 6.07) is 13.3. The second-order valence-electron chi connectivity index (χ2n) is 8.35. The summed E-state index contributed by atoms with van der Waals surface area (Å²) in [4.78, 5) is 12.6. The number of hydrogen-bond donors (Lipinski definition) is 1. The van der Waals surface area contributed by atoms with Crippen molar-refractivity contribution in [2.24, 2.45) is 5.10 Å². The van der Waals surface area contributed by atoms with E-state index in [1.165, 1.54) is 30.5 Å². The first-order valence-electron chi connectivity index (χ1n) is 12.0. The molecule has 0 radical (unpaired) electrons. The summed E-state index contributed by atoms with van der Waals surface area (Å²) in [7, 11) is -4.46. The van der Waals surface area contributed by atoms with Crippen LogP contribution in [0, 0.1) is 6.92 Å². The highest BCUT2D eigenvalue weighted by molar-refractivity contribution is 7.92. The lowest BCUT2D eigenvalue weighted by Crippen LogP contribution is -2.39.